The van der Waals surface area contributed by atoms with E-state index in [1.807, 2.05) is 36.4 Å². The van der Waals surface area contributed by atoms with Gasteiger partial charge in [0.2, 0.25) is 0 Å². The molecule has 0 spiro atoms. The lowest BCUT2D eigenvalue weighted by Gasteiger charge is -2.10. The molecule has 2 aromatic rings. The number of hydrogen-bond acceptors (Lipinski definition) is 2. The maximum Gasteiger partial charge on any atom is 0.128 e. The van der Waals surface area contributed by atoms with Crippen LogP contribution in [0, 0.1) is 6.92 Å². The third kappa shape index (κ3) is 4.36. The van der Waals surface area contributed by atoms with Crippen molar-refractivity contribution in [3.05, 3.63) is 58.1 Å². The van der Waals surface area contributed by atoms with E-state index in [2.05, 4.69) is 41.2 Å². The topological polar surface area (TPSA) is 21.3 Å². The van der Waals surface area contributed by atoms with Gasteiger partial charge in [-0.05, 0) is 49.7 Å². The molecule has 0 saturated heterocycles. The number of benzene rings is 2. The quantitative estimate of drug-likeness (QED) is 0.747. The molecule has 20 heavy (non-hydrogen) atoms. The third-order valence-electron chi connectivity index (χ3n) is 3.02. The van der Waals surface area contributed by atoms with Crippen molar-refractivity contribution in [2.24, 2.45) is 0 Å². The number of rotatable bonds is 6. The summed E-state index contributed by atoms with van der Waals surface area (Å²) in [7, 11) is 0. The van der Waals surface area contributed by atoms with Gasteiger partial charge >= 0.3 is 0 Å². The Kier molecular flexibility index (Phi) is 5.62. The molecule has 0 fully saturated rings. The first-order valence-electron chi connectivity index (χ1n) is 6.92. The molecule has 106 valence electrons. The Labute approximate surface area is 129 Å². The van der Waals surface area contributed by atoms with Crippen molar-refractivity contribution in [3.63, 3.8) is 0 Å². The van der Waals surface area contributed by atoms with Crippen LogP contribution in [0.3, 0.4) is 0 Å². The molecule has 0 bridgehead atoms. The van der Waals surface area contributed by atoms with Crippen molar-refractivity contribution >= 4 is 15.9 Å². The third-order valence-corrected chi connectivity index (χ3v) is 3.76. The molecule has 0 heterocycles. The first-order valence-corrected chi connectivity index (χ1v) is 7.72. The van der Waals surface area contributed by atoms with E-state index in [0.29, 0.717) is 0 Å². The van der Waals surface area contributed by atoms with Gasteiger partial charge in [0.25, 0.3) is 0 Å². The summed E-state index contributed by atoms with van der Waals surface area (Å²) in [6, 6.07) is 14.2. The Hall–Kier alpha value is -1.32. The molecule has 0 saturated carbocycles. The zero-order chi connectivity index (χ0) is 14.4. The second-order valence-corrected chi connectivity index (χ2v) is 5.70. The summed E-state index contributed by atoms with van der Waals surface area (Å²) in [5, 5.41) is 3.40. The molecule has 0 aliphatic heterocycles. The van der Waals surface area contributed by atoms with Gasteiger partial charge in [0.05, 0.1) is 0 Å². The van der Waals surface area contributed by atoms with Gasteiger partial charge in [-0.25, -0.2) is 0 Å². The number of ether oxygens (including phenoxy) is 1. The largest absolute Gasteiger partial charge is 0.457 e. The highest BCUT2D eigenvalue weighted by Gasteiger charge is 2.03. The van der Waals surface area contributed by atoms with Crippen LogP contribution in [0.2, 0.25) is 0 Å². The molecule has 1 N–H and O–H groups in total. The van der Waals surface area contributed by atoms with Gasteiger partial charge in [0.15, 0.2) is 0 Å². The summed E-state index contributed by atoms with van der Waals surface area (Å²) in [5.41, 5.74) is 2.48. The van der Waals surface area contributed by atoms with Gasteiger partial charge < -0.3 is 10.1 Å². The Balaban J connectivity index is 2.03. The van der Waals surface area contributed by atoms with Crippen molar-refractivity contribution in [2.45, 2.75) is 26.8 Å². The fourth-order valence-electron chi connectivity index (χ4n) is 1.88. The van der Waals surface area contributed by atoms with Gasteiger partial charge in [-0.2, -0.15) is 0 Å². The van der Waals surface area contributed by atoms with Gasteiger partial charge in [-0.1, -0.05) is 46.6 Å². The highest BCUT2D eigenvalue weighted by molar-refractivity contribution is 9.10. The van der Waals surface area contributed by atoms with E-state index in [0.717, 1.165) is 35.5 Å². The smallest absolute Gasteiger partial charge is 0.128 e. The second-order valence-electron chi connectivity index (χ2n) is 4.85. The first-order chi connectivity index (χ1) is 9.69. The van der Waals surface area contributed by atoms with Crippen LogP contribution in [0.25, 0.3) is 0 Å². The molecular weight excluding hydrogens is 314 g/mol. The van der Waals surface area contributed by atoms with E-state index in [1.54, 1.807) is 0 Å². The highest BCUT2D eigenvalue weighted by Crippen LogP contribution is 2.27. The summed E-state index contributed by atoms with van der Waals surface area (Å²) >= 11 is 3.60. The Bertz CT molecular complexity index is 551. The summed E-state index contributed by atoms with van der Waals surface area (Å²) in [6.45, 7) is 6.15. The lowest BCUT2D eigenvalue weighted by atomic mass is 10.2. The van der Waals surface area contributed by atoms with Crippen LogP contribution < -0.4 is 10.1 Å². The average molecular weight is 334 g/mol. The lowest BCUT2D eigenvalue weighted by molar-refractivity contribution is 0.482. The molecule has 0 aliphatic rings. The molecule has 0 radical (unpaired) electrons. The van der Waals surface area contributed by atoms with Crippen LogP contribution in [-0.4, -0.2) is 6.54 Å². The van der Waals surface area contributed by atoms with Crippen LogP contribution in [0.1, 0.15) is 24.5 Å². The van der Waals surface area contributed by atoms with E-state index < -0.39 is 0 Å². The maximum atomic E-state index is 5.84. The zero-order valence-electron chi connectivity index (χ0n) is 11.9. The first kappa shape index (κ1) is 15.1. The normalized spacial score (nSPS) is 10.6. The second kappa shape index (κ2) is 7.46. The maximum absolute atomic E-state index is 5.84. The van der Waals surface area contributed by atoms with Gasteiger partial charge in [0, 0.05) is 11.0 Å². The summed E-state index contributed by atoms with van der Waals surface area (Å²) in [4.78, 5) is 0. The Morgan fingerprint density at radius 2 is 1.75 bits per heavy atom. The molecule has 2 aromatic carbocycles. The summed E-state index contributed by atoms with van der Waals surface area (Å²) < 4.78 is 6.92. The predicted molar refractivity (Wildman–Crippen MR) is 87.4 cm³/mol. The molecule has 2 rings (SSSR count). The average Bonchev–Trinajstić information content (AvgIpc) is 2.44. The van der Waals surface area contributed by atoms with Crippen molar-refractivity contribution in [3.8, 4) is 11.5 Å². The standard InChI is InChI=1S/C17H20BrNO/c1-3-10-19-12-14-6-9-16(11-17(14)18)20-15-7-4-13(2)5-8-15/h4-9,11,19H,3,10,12H2,1-2H3. The van der Waals surface area contributed by atoms with Crippen molar-refractivity contribution < 1.29 is 4.74 Å². The minimum Gasteiger partial charge on any atom is -0.457 e. The fourth-order valence-corrected chi connectivity index (χ4v) is 2.38. The van der Waals surface area contributed by atoms with Crippen molar-refractivity contribution in [1.29, 1.82) is 0 Å². The van der Waals surface area contributed by atoms with E-state index >= 15 is 0 Å². The molecule has 0 atom stereocenters. The number of hydrogen-bond donors (Lipinski definition) is 1. The highest BCUT2D eigenvalue weighted by atomic mass is 79.9. The van der Waals surface area contributed by atoms with Gasteiger partial charge in [-0.15, -0.1) is 0 Å². The SMILES string of the molecule is CCCNCc1ccc(Oc2ccc(C)cc2)cc1Br. The van der Waals surface area contributed by atoms with E-state index in [9.17, 15) is 0 Å². The van der Waals surface area contributed by atoms with Crippen LogP contribution in [0.4, 0.5) is 0 Å². The molecule has 2 nitrogen and oxygen atoms in total. The number of nitrogens with one attached hydrogen (secondary N) is 1. The Morgan fingerprint density at radius 3 is 2.40 bits per heavy atom. The van der Waals surface area contributed by atoms with E-state index in [4.69, 9.17) is 4.74 Å². The van der Waals surface area contributed by atoms with Crippen LogP contribution in [0.5, 0.6) is 11.5 Å². The van der Waals surface area contributed by atoms with E-state index in [1.165, 1.54) is 11.1 Å². The number of aryl methyl sites for hydroxylation is 1. The van der Waals surface area contributed by atoms with Gasteiger partial charge in [0.1, 0.15) is 11.5 Å². The summed E-state index contributed by atoms with van der Waals surface area (Å²) in [6.07, 6.45) is 1.15. The molecule has 0 aromatic heterocycles. The molecule has 0 aliphatic carbocycles. The molecule has 0 unspecified atom stereocenters. The minimum atomic E-state index is 0.847. The summed E-state index contributed by atoms with van der Waals surface area (Å²) in [5.74, 6) is 1.71. The molecular formula is C17H20BrNO. The molecule has 3 heteroatoms. The number of halogens is 1. The van der Waals surface area contributed by atoms with Crippen LogP contribution >= 0.6 is 15.9 Å². The minimum absolute atomic E-state index is 0.847. The fraction of sp³-hybridized carbons (Fsp3) is 0.294. The monoisotopic (exact) mass is 333 g/mol. The van der Waals surface area contributed by atoms with Gasteiger partial charge in [-0.3, -0.25) is 0 Å². The van der Waals surface area contributed by atoms with E-state index in [-0.39, 0.29) is 0 Å². The van der Waals surface area contributed by atoms with Crippen molar-refractivity contribution in [1.82, 2.24) is 5.32 Å². The Morgan fingerprint density at radius 1 is 1.05 bits per heavy atom. The van der Waals surface area contributed by atoms with Crippen molar-refractivity contribution in [2.75, 3.05) is 6.54 Å². The zero-order valence-corrected chi connectivity index (χ0v) is 13.5. The predicted octanol–water partition coefficient (Wildman–Crippen LogP) is 5.05. The lowest BCUT2D eigenvalue weighted by Crippen LogP contribution is -2.14. The van der Waals surface area contributed by atoms with Crippen LogP contribution in [-0.2, 0) is 6.54 Å². The molecule has 0 amide bonds. The van der Waals surface area contributed by atoms with Crippen LogP contribution in [0.15, 0.2) is 46.9 Å².